The summed E-state index contributed by atoms with van der Waals surface area (Å²) in [6, 6.07) is 16.8. The molecule has 2 aromatic carbocycles. The predicted molar refractivity (Wildman–Crippen MR) is 130 cm³/mol. The molecule has 0 amide bonds. The second-order valence-corrected chi connectivity index (χ2v) is 7.99. The van der Waals surface area contributed by atoms with Gasteiger partial charge >= 0.3 is 0 Å². The fraction of sp³-hybridized carbons (Fsp3) is 0.480. The Kier molecular flexibility index (Phi) is 9.35. The highest BCUT2D eigenvalue weighted by molar-refractivity contribution is 6.07. The first kappa shape index (κ1) is 22.5. The van der Waals surface area contributed by atoms with Crippen LogP contribution in [0.4, 0.5) is 5.69 Å². The Balaban J connectivity index is 1.50. The van der Waals surface area contributed by atoms with Crippen LogP contribution in [0.3, 0.4) is 0 Å². The van der Waals surface area contributed by atoms with E-state index < -0.39 is 0 Å². The van der Waals surface area contributed by atoms with Crippen molar-refractivity contribution < 1.29 is 0 Å². The molecular formula is C25H37N5. The van der Waals surface area contributed by atoms with E-state index in [0.717, 1.165) is 63.1 Å². The number of para-hydroxylation sites is 2. The van der Waals surface area contributed by atoms with Gasteiger partial charge in [-0.1, -0.05) is 42.8 Å². The van der Waals surface area contributed by atoms with Gasteiger partial charge < -0.3 is 21.7 Å². The van der Waals surface area contributed by atoms with Crippen molar-refractivity contribution in [2.24, 2.45) is 11.5 Å². The van der Waals surface area contributed by atoms with Crippen molar-refractivity contribution in [3.63, 3.8) is 0 Å². The number of aromatic nitrogens is 1. The molecule has 0 bridgehead atoms. The molecule has 0 unspecified atom stereocenters. The summed E-state index contributed by atoms with van der Waals surface area (Å²) in [6.45, 7) is 5.94. The van der Waals surface area contributed by atoms with Crippen molar-refractivity contribution in [2.75, 3.05) is 44.6 Å². The first-order valence-electron chi connectivity index (χ1n) is 11.5. The van der Waals surface area contributed by atoms with Crippen molar-refractivity contribution >= 4 is 27.5 Å². The minimum Gasteiger partial charge on any atom is -0.384 e. The predicted octanol–water partition coefficient (Wildman–Crippen LogP) is 4.36. The van der Waals surface area contributed by atoms with Crippen LogP contribution in [0.2, 0.25) is 0 Å². The highest BCUT2D eigenvalue weighted by Crippen LogP contribution is 2.30. The maximum Gasteiger partial charge on any atom is 0.0730 e. The number of hydrogen-bond donors (Lipinski definition) is 3. The van der Waals surface area contributed by atoms with Crippen molar-refractivity contribution in [1.29, 1.82) is 0 Å². The third-order valence-electron chi connectivity index (χ3n) is 5.65. The van der Waals surface area contributed by atoms with Crippen molar-refractivity contribution in [2.45, 2.75) is 38.5 Å². The Hall–Kier alpha value is -2.21. The largest absolute Gasteiger partial charge is 0.384 e. The molecule has 3 rings (SSSR count). The van der Waals surface area contributed by atoms with Crippen LogP contribution < -0.4 is 16.8 Å². The first-order valence-corrected chi connectivity index (χ1v) is 11.5. The molecule has 0 spiro atoms. The average molecular weight is 408 g/mol. The average Bonchev–Trinajstić information content (AvgIpc) is 2.78. The minimum atomic E-state index is 0.769. The molecular weight excluding hydrogens is 370 g/mol. The van der Waals surface area contributed by atoms with Gasteiger partial charge in [0.25, 0.3) is 0 Å². The Labute approximate surface area is 180 Å². The SMILES string of the molecule is NCCCCN(CCCN)CCCCCNc1c2ccccc2nc2ccccc12. The monoisotopic (exact) mass is 407 g/mol. The summed E-state index contributed by atoms with van der Waals surface area (Å²) in [7, 11) is 0. The zero-order chi connectivity index (χ0) is 21.0. The molecule has 1 aromatic heterocycles. The van der Waals surface area contributed by atoms with Crippen LogP contribution in [0, 0.1) is 0 Å². The lowest BCUT2D eigenvalue weighted by Gasteiger charge is -2.22. The number of anilines is 1. The molecule has 5 heteroatoms. The van der Waals surface area contributed by atoms with Gasteiger partial charge in [0.1, 0.15) is 0 Å². The van der Waals surface area contributed by atoms with Crippen molar-refractivity contribution in [1.82, 2.24) is 9.88 Å². The number of unbranched alkanes of at least 4 members (excludes halogenated alkanes) is 3. The van der Waals surface area contributed by atoms with E-state index in [4.69, 9.17) is 16.5 Å². The number of nitrogens with one attached hydrogen (secondary N) is 1. The lowest BCUT2D eigenvalue weighted by Crippen LogP contribution is -2.29. The van der Waals surface area contributed by atoms with Gasteiger partial charge in [0.2, 0.25) is 0 Å². The van der Waals surface area contributed by atoms with E-state index in [1.165, 1.54) is 42.1 Å². The van der Waals surface area contributed by atoms with Gasteiger partial charge in [-0.25, -0.2) is 4.98 Å². The minimum absolute atomic E-state index is 0.769. The van der Waals surface area contributed by atoms with Gasteiger partial charge in [-0.15, -0.1) is 0 Å². The van der Waals surface area contributed by atoms with E-state index in [-0.39, 0.29) is 0 Å². The zero-order valence-electron chi connectivity index (χ0n) is 18.2. The van der Waals surface area contributed by atoms with Gasteiger partial charge in [0.15, 0.2) is 0 Å². The molecule has 0 saturated heterocycles. The second-order valence-electron chi connectivity index (χ2n) is 7.99. The first-order chi connectivity index (χ1) is 14.8. The van der Waals surface area contributed by atoms with Gasteiger partial charge in [0, 0.05) is 17.3 Å². The Morgan fingerprint density at radius 2 is 1.23 bits per heavy atom. The van der Waals surface area contributed by atoms with Gasteiger partial charge in [-0.3, -0.25) is 0 Å². The highest BCUT2D eigenvalue weighted by atomic mass is 15.1. The highest BCUT2D eigenvalue weighted by Gasteiger charge is 2.08. The maximum atomic E-state index is 5.70. The topological polar surface area (TPSA) is 80.2 Å². The number of nitrogens with zero attached hydrogens (tertiary/aromatic N) is 2. The van der Waals surface area contributed by atoms with Gasteiger partial charge in [-0.2, -0.15) is 0 Å². The number of nitrogens with two attached hydrogens (primary N) is 2. The van der Waals surface area contributed by atoms with E-state index in [0.29, 0.717) is 0 Å². The summed E-state index contributed by atoms with van der Waals surface area (Å²) < 4.78 is 0. The van der Waals surface area contributed by atoms with Gasteiger partial charge in [-0.05, 0) is 77.0 Å². The van der Waals surface area contributed by atoms with E-state index >= 15 is 0 Å². The molecule has 30 heavy (non-hydrogen) atoms. The molecule has 0 radical (unpaired) electrons. The Morgan fingerprint density at radius 3 is 1.87 bits per heavy atom. The van der Waals surface area contributed by atoms with E-state index in [2.05, 4.69) is 58.7 Å². The van der Waals surface area contributed by atoms with Crippen LogP contribution in [0.5, 0.6) is 0 Å². The molecule has 3 aromatic rings. The van der Waals surface area contributed by atoms with E-state index in [1.54, 1.807) is 0 Å². The second kappa shape index (κ2) is 12.5. The lowest BCUT2D eigenvalue weighted by molar-refractivity contribution is 0.261. The molecule has 0 fully saturated rings. The molecule has 162 valence electrons. The van der Waals surface area contributed by atoms with Crippen LogP contribution >= 0.6 is 0 Å². The summed E-state index contributed by atoms with van der Waals surface area (Å²) in [5.74, 6) is 0. The molecule has 0 atom stereocenters. The van der Waals surface area contributed by atoms with Crippen LogP contribution in [0.1, 0.15) is 38.5 Å². The van der Waals surface area contributed by atoms with Crippen molar-refractivity contribution in [3.05, 3.63) is 48.5 Å². The van der Waals surface area contributed by atoms with Crippen LogP contribution in [0.15, 0.2) is 48.5 Å². The summed E-state index contributed by atoms with van der Waals surface area (Å²) in [5.41, 5.74) is 14.6. The number of fused-ring (bicyclic) bond motifs is 2. The number of pyridine rings is 1. The molecule has 0 aliphatic rings. The third-order valence-corrected chi connectivity index (χ3v) is 5.65. The normalized spacial score (nSPS) is 11.6. The Bertz CT molecular complexity index is 841. The number of rotatable bonds is 14. The zero-order valence-corrected chi connectivity index (χ0v) is 18.2. The third kappa shape index (κ3) is 6.39. The fourth-order valence-corrected chi connectivity index (χ4v) is 4.01. The van der Waals surface area contributed by atoms with Crippen LogP contribution in [-0.4, -0.2) is 49.2 Å². The van der Waals surface area contributed by atoms with Gasteiger partial charge in [0.05, 0.1) is 16.7 Å². The fourth-order valence-electron chi connectivity index (χ4n) is 4.01. The summed E-state index contributed by atoms with van der Waals surface area (Å²) in [5, 5.41) is 6.11. The smallest absolute Gasteiger partial charge is 0.0730 e. The summed E-state index contributed by atoms with van der Waals surface area (Å²) in [4.78, 5) is 7.36. The van der Waals surface area contributed by atoms with Crippen LogP contribution in [0.25, 0.3) is 21.8 Å². The summed E-state index contributed by atoms with van der Waals surface area (Å²) >= 11 is 0. The van der Waals surface area contributed by atoms with E-state index in [1.807, 2.05) is 0 Å². The van der Waals surface area contributed by atoms with Crippen molar-refractivity contribution in [3.8, 4) is 0 Å². The quantitative estimate of drug-likeness (QED) is 0.273. The molecule has 0 aliphatic heterocycles. The standard InChI is InChI=1S/C25H37N5/c26-15-6-9-19-30(20-10-16-27)18-8-1-7-17-28-25-21-11-2-4-13-23(21)29-24-14-5-3-12-22(24)25/h2-5,11-14H,1,6-10,15-20,26-27H2,(H,28,29). The molecule has 1 heterocycles. The molecule has 5 nitrogen and oxygen atoms in total. The Morgan fingerprint density at radius 1 is 0.667 bits per heavy atom. The summed E-state index contributed by atoms with van der Waals surface area (Å²) in [6.07, 6.45) is 6.99. The lowest BCUT2D eigenvalue weighted by atomic mass is 10.1. The maximum absolute atomic E-state index is 5.70. The molecule has 0 saturated carbocycles. The van der Waals surface area contributed by atoms with E-state index in [9.17, 15) is 0 Å². The number of benzene rings is 2. The van der Waals surface area contributed by atoms with Crippen LogP contribution in [-0.2, 0) is 0 Å². The molecule has 0 aliphatic carbocycles. The molecule has 5 N–H and O–H groups in total. The number of hydrogen-bond acceptors (Lipinski definition) is 5.